The second-order valence-corrected chi connectivity index (χ2v) is 3.82. The van der Waals surface area contributed by atoms with Gasteiger partial charge in [0.05, 0.1) is 11.2 Å². The van der Waals surface area contributed by atoms with E-state index in [2.05, 4.69) is 9.97 Å². The fourth-order valence-corrected chi connectivity index (χ4v) is 1.38. The van der Waals surface area contributed by atoms with Crippen LogP contribution in [0.3, 0.4) is 0 Å². The molecule has 0 aliphatic rings. The van der Waals surface area contributed by atoms with E-state index in [0.29, 0.717) is 10.8 Å². The molecule has 17 heavy (non-hydrogen) atoms. The lowest BCUT2D eigenvalue weighted by atomic mass is 10.2. The molecule has 2 rings (SSSR count). The molecule has 2 aromatic rings. The highest BCUT2D eigenvalue weighted by Gasteiger charge is 2.10. The van der Waals surface area contributed by atoms with Crippen LogP contribution in [0.5, 0.6) is 11.6 Å². The number of hydrogen-bond acceptors (Lipinski definition) is 4. The summed E-state index contributed by atoms with van der Waals surface area (Å²) in [5, 5.41) is 0.368. The number of nitrogen functional groups attached to an aromatic ring is 1. The lowest BCUT2D eigenvalue weighted by molar-refractivity contribution is 0.421. The van der Waals surface area contributed by atoms with E-state index in [9.17, 15) is 4.39 Å². The van der Waals surface area contributed by atoms with Gasteiger partial charge in [-0.25, -0.2) is 4.98 Å². The van der Waals surface area contributed by atoms with Crippen LogP contribution >= 0.6 is 11.6 Å². The van der Waals surface area contributed by atoms with E-state index in [4.69, 9.17) is 22.1 Å². The van der Waals surface area contributed by atoms with Crippen molar-refractivity contribution in [1.82, 2.24) is 9.97 Å². The quantitative estimate of drug-likeness (QED) is 0.894. The predicted octanol–water partition coefficient (Wildman–Crippen LogP) is 2.95. The van der Waals surface area contributed by atoms with Crippen LogP contribution in [0, 0.1) is 12.7 Å². The Morgan fingerprint density at radius 1 is 1.41 bits per heavy atom. The first-order chi connectivity index (χ1) is 8.06. The molecule has 0 unspecified atom stereocenters. The molecule has 1 aromatic heterocycles. The third-order valence-electron chi connectivity index (χ3n) is 2.02. The molecular weight excluding hydrogens is 245 g/mol. The molecule has 0 atom stereocenters. The minimum atomic E-state index is -0.697. The molecule has 0 aliphatic carbocycles. The van der Waals surface area contributed by atoms with Gasteiger partial charge in [0.25, 0.3) is 5.88 Å². The summed E-state index contributed by atoms with van der Waals surface area (Å²) in [7, 11) is 0. The minimum Gasteiger partial charge on any atom is -0.435 e. The van der Waals surface area contributed by atoms with Gasteiger partial charge < -0.3 is 10.5 Å². The third kappa shape index (κ3) is 2.62. The van der Waals surface area contributed by atoms with Gasteiger partial charge >= 0.3 is 0 Å². The Morgan fingerprint density at radius 2 is 2.18 bits per heavy atom. The molecule has 0 saturated carbocycles. The number of halogens is 2. The van der Waals surface area contributed by atoms with E-state index in [0.717, 1.165) is 11.8 Å². The molecule has 0 bridgehead atoms. The summed E-state index contributed by atoms with van der Waals surface area (Å²) in [5.74, 6) is -0.685. The summed E-state index contributed by atoms with van der Waals surface area (Å²) in [6.07, 6.45) is 0.946. The van der Waals surface area contributed by atoms with Gasteiger partial charge in [-0.3, -0.25) is 0 Å². The minimum absolute atomic E-state index is 0.0647. The van der Waals surface area contributed by atoms with Crippen molar-refractivity contribution < 1.29 is 9.13 Å². The second-order valence-electron chi connectivity index (χ2n) is 3.42. The van der Waals surface area contributed by atoms with Crippen LogP contribution in [-0.4, -0.2) is 9.97 Å². The van der Waals surface area contributed by atoms with Crippen molar-refractivity contribution in [3.05, 3.63) is 40.8 Å². The number of nitrogens with zero attached hydrogens (tertiary/aromatic N) is 2. The summed E-state index contributed by atoms with van der Waals surface area (Å²) in [6.45, 7) is 1.87. The van der Waals surface area contributed by atoms with E-state index in [1.165, 1.54) is 0 Å². The number of aromatic nitrogens is 2. The van der Waals surface area contributed by atoms with Crippen LogP contribution in [0.4, 0.5) is 10.3 Å². The summed E-state index contributed by atoms with van der Waals surface area (Å²) in [6, 6.07) is 5.16. The fraction of sp³-hybridized carbons (Fsp3) is 0.0909. The van der Waals surface area contributed by atoms with Crippen LogP contribution < -0.4 is 10.5 Å². The van der Waals surface area contributed by atoms with Crippen molar-refractivity contribution in [3.8, 4) is 11.6 Å². The van der Waals surface area contributed by atoms with Crippen molar-refractivity contribution in [1.29, 1.82) is 0 Å². The lowest BCUT2D eigenvalue weighted by Gasteiger charge is -2.08. The number of anilines is 1. The SMILES string of the molecule is Cc1ccc(Cl)c(Oc2nc(N)ncc2F)c1. The Balaban J connectivity index is 2.37. The molecule has 0 amide bonds. The topological polar surface area (TPSA) is 61.0 Å². The largest absolute Gasteiger partial charge is 0.435 e. The van der Waals surface area contributed by atoms with Gasteiger partial charge in [-0.2, -0.15) is 9.37 Å². The van der Waals surface area contributed by atoms with Gasteiger partial charge in [-0.1, -0.05) is 17.7 Å². The molecule has 0 saturated heterocycles. The molecule has 0 aliphatic heterocycles. The van der Waals surface area contributed by atoms with E-state index in [1.807, 2.05) is 13.0 Å². The monoisotopic (exact) mass is 253 g/mol. The van der Waals surface area contributed by atoms with E-state index >= 15 is 0 Å². The molecule has 0 radical (unpaired) electrons. The van der Waals surface area contributed by atoms with Crippen LogP contribution in [0.1, 0.15) is 5.56 Å². The zero-order chi connectivity index (χ0) is 12.4. The van der Waals surface area contributed by atoms with Crippen molar-refractivity contribution in [2.75, 3.05) is 5.73 Å². The highest BCUT2D eigenvalue weighted by Crippen LogP contribution is 2.30. The summed E-state index contributed by atoms with van der Waals surface area (Å²) < 4.78 is 18.6. The van der Waals surface area contributed by atoms with Gasteiger partial charge in [0.1, 0.15) is 5.75 Å². The molecule has 4 nitrogen and oxygen atoms in total. The van der Waals surface area contributed by atoms with E-state index < -0.39 is 5.82 Å². The molecule has 0 spiro atoms. The van der Waals surface area contributed by atoms with Crippen LogP contribution in [0.15, 0.2) is 24.4 Å². The Hall–Kier alpha value is -1.88. The van der Waals surface area contributed by atoms with E-state index in [1.54, 1.807) is 12.1 Å². The van der Waals surface area contributed by atoms with Crippen molar-refractivity contribution in [2.45, 2.75) is 6.92 Å². The third-order valence-corrected chi connectivity index (χ3v) is 2.34. The fourth-order valence-electron chi connectivity index (χ4n) is 1.23. The lowest BCUT2D eigenvalue weighted by Crippen LogP contribution is -1.99. The average Bonchev–Trinajstić information content (AvgIpc) is 2.28. The summed E-state index contributed by atoms with van der Waals surface area (Å²) in [4.78, 5) is 7.15. The first-order valence-electron chi connectivity index (χ1n) is 4.78. The number of hydrogen-bond donors (Lipinski definition) is 1. The summed E-state index contributed by atoms with van der Waals surface area (Å²) >= 11 is 5.92. The normalized spacial score (nSPS) is 10.3. The van der Waals surface area contributed by atoms with Crippen molar-refractivity contribution in [2.24, 2.45) is 0 Å². The number of rotatable bonds is 2. The zero-order valence-corrected chi connectivity index (χ0v) is 9.70. The number of benzene rings is 1. The molecule has 6 heteroatoms. The van der Waals surface area contributed by atoms with Crippen LogP contribution in [0.25, 0.3) is 0 Å². The van der Waals surface area contributed by atoms with Gasteiger partial charge in [0.2, 0.25) is 11.8 Å². The maximum atomic E-state index is 13.3. The van der Waals surface area contributed by atoms with Crippen molar-refractivity contribution in [3.63, 3.8) is 0 Å². The molecule has 1 heterocycles. The maximum absolute atomic E-state index is 13.3. The Morgan fingerprint density at radius 3 is 2.94 bits per heavy atom. The standard InChI is InChI=1S/C11H9ClFN3O/c1-6-2-3-7(12)9(4-6)17-10-8(13)5-15-11(14)16-10/h2-5H,1H3,(H2,14,15,16). The van der Waals surface area contributed by atoms with Gasteiger partial charge in [0, 0.05) is 0 Å². The Labute approximate surface area is 102 Å². The maximum Gasteiger partial charge on any atom is 0.260 e. The van der Waals surface area contributed by atoms with Crippen LogP contribution in [0.2, 0.25) is 5.02 Å². The Kier molecular flexibility index (Phi) is 3.10. The van der Waals surface area contributed by atoms with Crippen molar-refractivity contribution >= 4 is 17.5 Å². The molecule has 2 N–H and O–H groups in total. The highest BCUT2D eigenvalue weighted by atomic mass is 35.5. The number of ether oxygens (including phenoxy) is 1. The molecule has 88 valence electrons. The van der Waals surface area contributed by atoms with Gasteiger partial charge in [-0.15, -0.1) is 0 Å². The first kappa shape index (κ1) is 11.6. The molecular formula is C11H9ClFN3O. The van der Waals surface area contributed by atoms with Gasteiger partial charge in [0.15, 0.2) is 0 Å². The second kappa shape index (κ2) is 4.55. The molecule has 1 aromatic carbocycles. The zero-order valence-electron chi connectivity index (χ0n) is 8.95. The predicted molar refractivity (Wildman–Crippen MR) is 62.7 cm³/mol. The summed E-state index contributed by atoms with van der Waals surface area (Å²) in [5.41, 5.74) is 6.28. The number of nitrogens with two attached hydrogens (primary N) is 1. The highest BCUT2D eigenvalue weighted by molar-refractivity contribution is 6.32. The van der Waals surface area contributed by atoms with E-state index in [-0.39, 0.29) is 11.8 Å². The smallest absolute Gasteiger partial charge is 0.260 e. The van der Waals surface area contributed by atoms with Gasteiger partial charge in [-0.05, 0) is 24.6 Å². The van der Waals surface area contributed by atoms with Crippen LogP contribution in [-0.2, 0) is 0 Å². The first-order valence-corrected chi connectivity index (χ1v) is 5.16. The Bertz CT molecular complexity index is 513. The molecule has 0 fully saturated rings. The average molecular weight is 254 g/mol. The number of aryl methyl sites for hydroxylation is 1.